The van der Waals surface area contributed by atoms with Crippen molar-refractivity contribution in [1.29, 1.82) is 0 Å². The maximum absolute atomic E-state index is 0. The van der Waals surface area contributed by atoms with E-state index in [0.717, 1.165) is 0 Å². The van der Waals surface area contributed by atoms with Crippen LogP contribution in [0.1, 0.15) is 14.9 Å². The van der Waals surface area contributed by atoms with Crippen molar-refractivity contribution < 1.29 is 359 Å². The van der Waals surface area contributed by atoms with E-state index in [1.165, 1.54) is 0 Å². The predicted octanol–water partition coefficient (Wildman–Crippen LogP) is -1.90. The molecule has 0 bridgehead atoms. The molecule has 23 heteroatoms. The quantitative estimate of drug-likeness (QED) is 0.224. The topological polar surface area (TPSA) is 66.5 Å². The van der Waals surface area contributed by atoms with Crippen LogP contribution < -0.4 is 6.15 Å². The van der Waals surface area contributed by atoms with Gasteiger partial charge in [-0.15, -0.1) is 0 Å². The second-order valence-corrected chi connectivity index (χ2v) is 0. The van der Waals surface area contributed by atoms with Crippen LogP contribution in [0.15, 0.2) is 0 Å². The Hall–Kier alpha value is 12.9. The minimum Gasteiger partial charge on any atom is -0.412 e. The number of hydrogen-bond acceptors (Lipinski definition) is 1. The predicted molar refractivity (Wildman–Crippen MR) is 64.9 cm³/mol. The molecule has 1 atom stereocenters. The maximum atomic E-state index is 0. The standard InChI is InChI=1S/2CH4.Al.Cr.Cu.Mn.Mo.H3N.6Nb.Ni.H2O.H3P.H2S.H4Si.6Ti.3H/h2*1H4;;;;;;1H3;;;;;;;;1H2;1H3;1H2;1H4;;;;;;;;;. The van der Waals surface area contributed by atoms with Crippen LogP contribution >= 0.6 is 23.4 Å². The van der Waals surface area contributed by atoms with Gasteiger partial charge in [-0.05, 0) is 11.0 Å². The molecular weight excluding hydrogens is 1340 g/mol. The first-order chi connectivity index (χ1) is 0. The molecule has 0 aliphatic heterocycles. The van der Waals surface area contributed by atoms with Crippen LogP contribution in [0.25, 0.3) is 0 Å². The van der Waals surface area contributed by atoms with Crippen molar-refractivity contribution >= 4 is 51.7 Å². The van der Waals surface area contributed by atoms with Crippen molar-refractivity contribution in [3.05, 3.63) is 0 Å². The molecule has 0 aromatic heterocycles. The van der Waals surface area contributed by atoms with E-state index in [0.29, 0.717) is 0 Å². The maximum Gasteiger partial charge on any atom is 0.187 e. The summed E-state index contributed by atoms with van der Waals surface area (Å²) in [6, 6.07) is 0. The second-order valence-electron chi connectivity index (χ2n) is 0. The molecule has 25 heavy (non-hydrogen) atoms. The largest absolute Gasteiger partial charge is 0.412 e. The third kappa shape index (κ3) is 270. The first-order valence-electron chi connectivity index (χ1n) is 0. The smallest absolute Gasteiger partial charge is 0.187 e. The van der Waals surface area contributed by atoms with Gasteiger partial charge in [-0.3, -0.25) is 0 Å². The second kappa shape index (κ2) is 285. The molecule has 0 saturated heterocycles. The van der Waals surface area contributed by atoms with Gasteiger partial charge in [-0.25, -0.2) is 0 Å². The fraction of sp³-hybridized carbons (Fsp3) is 1.00. The van der Waals surface area contributed by atoms with Crippen molar-refractivity contribution in [2.75, 3.05) is 0 Å². The van der Waals surface area contributed by atoms with Gasteiger partial charge in [0, 0.05) is 354 Å². The molecule has 0 rings (SSSR count). The van der Waals surface area contributed by atoms with Gasteiger partial charge in [0.25, 0.3) is 0 Å². The minimum absolute atomic E-state index is 0. The van der Waals surface area contributed by atoms with Crippen LogP contribution in [0, 0.1) is 0 Å². The summed E-state index contributed by atoms with van der Waals surface area (Å²) >= 11 is 0. The molecule has 0 aliphatic rings. The molecule has 156 valence electrons. The summed E-state index contributed by atoms with van der Waals surface area (Å²) in [6.07, 6.45) is 0. The molecule has 0 aliphatic carbocycles. The van der Waals surface area contributed by atoms with Crippen LogP contribution in [0.3, 0.4) is 0 Å². The van der Waals surface area contributed by atoms with Gasteiger partial charge in [-0.2, -0.15) is 23.4 Å². The molecule has 8 radical (unpaired) electrons. The van der Waals surface area contributed by atoms with Crippen LogP contribution in [-0.2, 0) is 354 Å². The van der Waals surface area contributed by atoms with Crippen molar-refractivity contribution in [3.8, 4) is 0 Å². The zero-order valence-corrected chi connectivity index (χ0v) is 41.3. The van der Waals surface area contributed by atoms with Gasteiger partial charge in [-0.1, -0.05) is 14.9 Å². The number of rotatable bonds is 0. The van der Waals surface area contributed by atoms with E-state index in [1.807, 2.05) is 0 Å². The van der Waals surface area contributed by atoms with E-state index in [4.69, 9.17) is 0 Å². The molecule has 0 aromatic rings. The van der Waals surface area contributed by atoms with E-state index in [1.54, 1.807) is 0 Å². The fourth-order valence-electron chi connectivity index (χ4n) is 0. The van der Waals surface area contributed by atoms with Gasteiger partial charge in [0.05, 0.1) is 0 Å². The minimum atomic E-state index is 0. The SMILES string of the molecule is C.C.N.O.P.S.[AlH3].[Cr].[Cu].[Mn].[Mo].[Nb].[Nb].[Nb].[Nb].[Nb].[Nb].[Ni].[SiH4].[Ti].[Ti].[Ti].[Ti].[Ti].[Ti]. The molecule has 5 N–H and O–H groups in total. The summed E-state index contributed by atoms with van der Waals surface area (Å²) in [4.78, 5) is 0. The summed E-state index contributed by atoms with van der Waals surface area (Å²) < 4.78 is 0. The Labute approximate surface area is 421 Å². The molecule has 0 saturated carbocycles. The Balaban J connectivity index is 0. The Morgan fingerprint density at radius 3 is 0.560 bits per heavy atom. The zero-order chi connectivity index (χ0) is 0. The Morgan fingerprint density at radius 2 is 0.560 bits per heavy atom. The van der Waals surface area contributed by atoms with Crippen LogP contribution in [0.2, 0.25) is 0 Å². The normalized spacial score (nSPS) is 0. The van der Waals surface area contributed by atoms with Gasteiger partial charge in [0.2, 0.25) is 0 Å². The van der Waals surface area contributed by atoms with E-state index in [9.17, 15) is 0 Å². The van der Waals surface area contributed by atoms with Crippen molar-refractivity contribution in [2.24, 2.45) is 0 Å². The zero-order valence-electron chi connectivity index (χ0n) is 9.91. The van der Waals surface area contributed by atoms with Crippen molar-refractivity contribution in [2.45, 2.75) is 14.9 Å². The van der Waals surface area contributed by atoms with Gasteiger partial charge < -0.3 is 11.6 Å². The van der Waals surface area contributed by atoms with Crippen LogP contribution in [0.4, 0.5) is 0 Å². The molecule has 0 aromatic carbocycles. The first-order valence-corrected chi connectivity index (χ1v) is 0. The monoisotopic (exact) mass is 1370 g/mol. The average Bonchev–Trinajstić information content (AvgIpc) is 0. The van der Waals surface area contributed by atoms with Crippen LogP contribution in [0.5, 0.6) is 0 Å². The molecule has 1 unspecified atom stereocenters. The summed E-state index contributed by atoms with van der Waals surface area (Å²) in [5, 5.41) is 0. The number of hydrogen-bond donors (Lipinski definition) is 1. The fourth-order valence-corrected chi connectivity index (χ4v) is 0. The van der Waals surface area contributed by atoms with Crippen LogP contribution in [-0.4, -0.2) is 33.8 Å². The molecule has 0 heterocycles. The van der Waals surface area contributed by atoms with Gasteiger partial charge in [0.1, 0.15) is 0 Å². The third-order valence-corrected chi connectivity index (χ3v) is 0. The summed E-state index contributed by atoms with van der Waals surface area (Å²) in [5.74, 6) is 0. The van der Waals surface area contributed by atoms with Crippen molar-refractivity contribution in [3.63, 3.8) is 0 Å². The van der Waals surface area contributed by atoms with E-state index >= 15 is 0 Å². The third-order valence-electron chi connectivity index (χ3n) is 0. The molecule has 0 amide bonds. The van der Waals surface area contributed by atoms with Crippen molar-refractivity contribution in [1.82, 2.24) is 6.15 Å². The first kappa shape index (κ1) is 309. The molecular formula is C2H25AlCrCuMnMoNNb6NiOPSSiTi6. The van der Waals surface area contributed by atoms with Gasteiger partial charge in [0.15, 0.2) is 17.4 Å². The molecule has 2 nitrogen and oxygen atoms in total. The van der Waals surface area contributed by atoms with E-state index in [-0.39, 0.29) is 432 Å². The summed E-state index contributed by atoms with van der Waals surface area (Å²) in [5.41, 5.74) is 0. The Morgan fingerprint density at radius 1 is 0.560 bits per heavy atom. The average molecular weight is 1370 g/mol. The molecule has 0 fully saturated rings. The summed E-state index contributed by atoms with van der Waals surface area (Å²) in [6.45, 7) is 0. The Kier molecular flexibility index (Phi) is 3530. The summed E-state index contributed by atoms with van der Waals surface area (Å²) in [7, 11) is 0. The Bertz CT molecular complexity index is 83.1. The van der Waals surface area contributed by atoms with E-state index < -0.39 is 0 Å². The van der Waals surface area contributed by atoms with E-state index in [2.05, 4.69) is 0 Å². The molecule has 0 spiro atoms. The van der Waals surface area contributed by atoms with Gasteiger partial charge >= 0.3 is 0 Å².